The Morgan fingerprint density at radius 1 is 1.00 bits per heavy atom. The number of aromatic nitrogens is 2. The molecule has 0 saturated heterocycles. The first-order valence-corrected chi connectivity index (χ1v) is 10.4. The lowest BCUT2D eigenvalue weighted by Crippen LogP contribution is -2.31. The van der Waals surface area contributed by atoms with E-state index in [0.717, 1.165) is 36.1 Å². The van der Waals surface area contributed by atoms with Crippen molar-refractivity contribution < 1.29 is 13.6 Å². The van der Waals surface area contributed by atoms with E-state index in [2.05, 4.69) is 5.10 Å². The number of fused-ring (bicyclic) bond motifs is 1. The van der Waals surface area contributed by atoms with Crippen molar-refractivity contribution in [1.29, 1.82) is 0 Å². The van der Waals surface area contributed by atoms with Gasteiger partial charge in [-0.05, 0) is 49.1 Å². The summed E-state index contributed by atoms with van der Waals surface area (Å²) in [6.07, 6.45) is 4.08. The highest BCUT2D eigenvalue weighted by Gasteiger charge is 2.30. The van der Waals surface area contributed by atoms with Crippen molar-refractivity contribution in [2.45, 2.75) is 32.4 Å². The minimum Gasteiger partial charge on any atom is -0.467 e. The van der Waals surface area contributed by atoms with Crippen molar-refractivity contribution in [3.05, 3.63) is 107 Å². The van der Waals surface area contributed by atoms with Gasteiger partial charge in [-0.1, -0.05) is 42.5 Å². The van der Waals surface area contributed by atoms with Gasteiger partial charge in [0.15, 0.2) is 5.69 Å². The first-order valence-electron chi connectivity index (χ1n) is 10.4. The van der Waals surface area contributed by atoms with Crippen molar-refractivity contribution in [3.8, 4) is 5.69 Å². The molecule has 1 aliphatic rings. The van der Waals surface area contributed by atoms with Gasteiger partial charge in [-0.3, -0.25) is 4.79 Å². The van der Waals surface area contributed by atoms with Gasteiger partial charge >= 0.3 is 0 Å². The van der Waals surface area contributed by atoms with Gasteiger partial charge in [0, 0.05) is 17.8 Å². The summed E-state index contributed by atoms with van der Waals surface area (Å²) in [5.74, 6) is 0.179. The molecule has 0 aliphatic heterocycles. The van der Waals surface area contributed by atoms with Crippen LogP contribution in [0.2, 0.25) is 0 Å². The molecule has 2 heterocycles. The fourth-order valence-electron chi connectivity index (χ4n) is 4.18. The molecule has 0 saturated carbocycles. The Hall–Kier alpha value is -3.67. The summed E-state index contributed by atoms with van der Waals surface area (Å²) in [6, 6.07) is 20.0. The van der Waals surface area contributed by atoms with E-state index in [9.17, 15) is 9.18 Å². The maximum Gasteiger partial charge on any atom is 0.275 e. The molecule has 2 aromatic carbocycles. The van der Waals surface area contributed by atoms with Gasteiger partial charge in [0.2, 0.25) is 0 Å². The van der Waals surface area contributed by atoms with Crippen molar-refractivity contribution in [2.75, 3.05) is 0 Å². The van der Waals surface area contributed by atoms with Gasteiger partial charge in [-0.15, -0.1) is 0 Å². The maximum absolute atomic E-state index is 14.5. The van der Waals surface area contributed by atoms with Crippen LogP contribution in [0.5, 0.6) is 0 Å². The smallest absolute Gasteiger partial charge is 0.275 e. The lowest BCUT2D eigenvalue weighted by atomic mass is 10.1. The van der Waals surface area contributed by atoms with E-state index in [-0.39, 0.29) is 11.7 Å². The minimum absolute atomic E-state index is 0.173. The molecule has 1 aliphatic carbocycles. The first-order chi connectivity index (χ1) is 15.2. The fourth-order valence-corrected chi connectivity index (χ4v) is 4.18. The predicted molar refractivity (Wildman–Crippen MR) is 114 cm³/mol. The number of hydrogen-bond donors (Lipinski definition) is 0. The van der Waals surface area contributed by atoms with Gasteiger partial charge in [-0.2, -0.15) is 5.10 Å². The third-order valence-corrected chi connectivity index (χ3v) is 5.64. The molecule has 0 bridgehead atoms. The summed E-state index contributed by atoms with van der Waals surface area (Å²) in [7, 11) is 0. The van der Waals surface area contributed by atoms with Gasteiger partial charge in [-0.25, -0.2) is 9.07 Å². The second kappa shape index (κ2) is 8.22. The standard InChI is InChI=1S/C25H22FN3O2/c26-21-12-4-5-13-23(21)29-22-14-6-11-20(22)24(27-29)25(30)28(17-19-10-7-15-31-19)16-18-8-2-1-3-9-18/h1-5,7-10,12-13,15H,6,11,14,16-17H2. The van der Waals surface area contributed by atoms with Gasteiger partial charge in [0.05, 0.1) is 12.8 Å². The highest BCUT2D eigenvalue weighted by atomic mass is 19.1. The number of amides is 1. The molecule has 6 heteroatoms. The van der Waals surface area contributed by atoms with Crippen LogP contribution in [0.1, 0.15) is 39.5 Å². The zero-order chi connectivity index (χ0) is 21.2. The molecule has 31 heavy (non-hydrogen) atoms. The van der Waals surface area contributed by atoms with Gasteiger partial charge < -0.3 is 9.32 Å². The first kappa shape index (κ1) is 19.3. The SMILES string of the molecule is O=C(c1nn(-c2ccccc2F)c2c1CCC2)N(Cc1ccccc1)Cc1ccco1. The summed E-state index contributed by atoms with van der Waals surface area (Å²) in [6.45, 7) is 0.768. The Balaban J connectivity index is 1.53. The lowest BCUT2D eigenvalue weighted by Gasteiger charge is -2.21. The monoisotopic (exact) mass is 415 g/mol. The maximum atomic E-state index is 14.5. The van der Waals surface area contributed by atoms with Crippen LogP contribution in [-0.4, -0.2) is 20.6 Å². The van der Waals surface area contributed by atoms with Crippen LogP contribution in [-0.2, 0) is 25.9 Å². The number of rotatable bonds is 6. The number of halogens is 1. The summed E-state index contributed by atoms with van der Waals surface area (Å²) in [5, 5.41) is 4.61. The molecule has 0 N–H and O–H groups in total. The molecule has 0 radical (unpaired) electrons. The van der Waals surface area contributed by atoms with Crippen molar-refractivity contribution in [2.24, 2.45) is 0 Å². The number of carbonyl (C=O) groups is 1. The highest BCUT2D eigenvalue weighted by molar-refractivity contribution is 5.94. The fraction of sp³-hybridized carbons (Fsp3) is 0.200. The van der Waals surface area contributed by atoms with Gasteiger partial charge in [0.1, 0.15) is 17.3 Å². The Bertz CT molecular complexity index is 1200. The van der Waals surface area contributed by atoms with Crippen LogP contribution in [0.4, 0.5) is 4.39 Å². The zero-order valence-electron chi connectivity index (χ0n) is 17.0. The molecule has 5 nitrogen and oxygen atoms in total. The summed E-state index contributed by atoms with van der Waals surface area (Å²) in [5.41, 5.74) is 3.64. The Morgan fingerprint density at radius 2 is 1.81 bits per heavy atom. The van der Waals surface area contributed by atoms with Crippen molar-refractivity contribution in [3.63, 3.8) is 0 Å². The largest absolute Gasteiger partial charge is 0.467 e. The quantitative estimate of drug-likeness (QED) is 0.448. The number of nitrogens with zero attached hydrogens (tertiary/aromatic N) is 3. The molecule has 2 aromatic heterocycles. The van der Waals surface area contributed by atoms with E-state index in [4.69, 9.17) is 4.42 Å². The lowest BCUT2D eigenvalue weighted by molar-refractivity contribution is 0.0710. The van der Waals surface area contributed by atoms with E-state index < -0.39 is 0 Å². The third kappa shape index (κ3) is 3.77. The molecular weight excluding hydrogens is 393 g/mol. The Kier molecular flexibility index (Phi) is 5.12. The molecular formula is C25H22FN3O2. The van der Waals surface area contributed by atoms with E-state index in [0.29, 0.717) is 30.2 Å². The molecule has 1 amide bonds. The molecule has 4 aromatic rings. The topological polar surface area (TPSA) is 51.3 Å². The second-order valence-electron chi connectivity index (χ2n) is 7.72. The number of benzene rings is 2. The van der Waals surface area contributed by atoms with Crippen LogP contribution in [0.15, 0.2) is 77.4 Å². The second-order valence-corrected chi connectivity index (χ2v) is 7.72. The van der Waals surface area contributed by atoms with Crippen LogP contribution in [0.25, 0.3) is 5.69 Å². The van der Waals surface area contributed by atoms with E-state index in [1.54, 1.807) is 34.0 Å². The van der Waals surface area contributed by atoms with Gasteiger partial charge in [0.25, 0.3) is 5.91 Å². The third-order valence-electron chi connectivity index (χ3n) is 5.64. The highest BCUT2D eigenvalue weighted by Crippen LogP contribution is 2.30. The van der Waals surface area contributed by atoms with Crippen LogP contribution >= 0.6 is 0 Å². The molecule has 0 unspecified atom stereocenters. The Labute approximate surface area is 179 Å². The number of carbonyl (C=O) groups excluding carboxylic acids is 1. The molecule has 0 spiro atoms. The molecule has 0 fully saturated rings. The van der Waals surface area contributed by atoms with E-state index in [1.807, 2.05) is 42.5 Å². The average molecular weight is 415 g/mol. The normalized spacial score (nSPS) is 12.7. The van der Waals surface area contributed by atoms with E-state index in [1.165, 1.54) is 6.07 Å². The molecule has 5 rings (SSSR count). The average Bonchev–Trinajstić information content (AvgIpc) is 3.53. The van der Waals surface area contributed by atoms with Crippen LogP contribution < -0.4 is 0 Å². The van der Waals surface area contributed by atoms with Crippen LogP contribution in [0, 0.1) is 5.82 Å². The predicted octanol–water partition coefficient (Wildman–Crippen LogP) is 4.94. The number of hydrogen-bond acceptors (Lipinski definition) is 3. The minimum atomic E-state index is -0.351. The summed E-state index contributed by atoms with van der Waals surface area (Å²) in [4.78, 5) is 15.4. The summed E-state index contributed by atoms with van der Waals surface area (Å²) < 4.78 is 21.6. The Morgan fingerprint density at radius 3 is 2.58 bits per heavy atom. The number of para-hydroxylation sites is 1. The van der Waals surface area contributed by atoms with Crippen molar-refractivity contribution in [1.82, 2.24) is 14.7 Å². The molecule has 0 atom stereocenters. The summed E-state index contributed by atoms with van der Waals surface area (Å²) >= 11 is 0. The van der Waals surface area contributed by atoms with E-state index >= 15 is 0 Å². The van der Waals surface area contributed by atoms with Crippen molar-refractivity contribution >= 4 is 5.91 Å². The number of furan rings is 1. The van der Waals surface area contributed by atoms with Crippen LogP contribution in [0.3, 0.4) is 0 Å². The zero-order valence-corrected chi connectivity index (χ0v) is 17.0. The molecule has 156 valence electrons.